The maximum Gasteiger partial charge on any atom is 0.252 e. The van der Waals surface area contributed by atoms with Crippen LogP contribution in [0.5, 0.6) is 0 Å². The molecule has 1 amide bonds. The van der Waals surface area contributed by atoms with E-state index in [1.54, 1.807) is 0 Å². The second kappa shape index (κ2) is 9.93. The zero-order valence-electron chi connectivity index (χ0n) is 21.5. The van der Waals surface area contributed by atoms with Gasteiger partial charge in [0.2, 0.25) is 5.91 Å². The molecule has 0 aromatic carbocycles. The topological polar surface area (TPSA) is 52.6 Å². The van der Waals surface area contributed by atoms with Crippen molar-refractivity contribution in [2.75, 3.05) is 39.3 Å². The van der Waals surface area contributed by atoms with Crippen LogP contribution in [0.2, 0.25) is 0 Å². The summed E-state index contributed by atoms with van der Waals surface area (Å²) in [5.74, 6) is -2.25. The highest BCUT2D eigenvalue weighted by molar-refractivity contribution is 7.05. The molecular weight excluding hydrogens is 468 g/mol. The number of halogens is 2. The van der Waals surface area contributed by atoms with Crippen LogP contribution in [0, 0.1) is 5.92 Å². The minimum atomic E-state index is -2.78. The zero-order valence-corrected chi connectivity index (χ0v) is 22.3. The molecule has 3 heterocycles. The average molecular weight is 510 g/mol. The van der Waals surface area contributed by atoms with Crippen LogP contribution >= 0.6 is 11.5 Å². The number of likely N-dealkylation sites (tertiary alicyclic amines) is 1. The molecule has 1 aromatic rings. The number of hydrogen-bond acceptors (Lipinski definition) is 6. The first-order valence-corrected chi connectivity index (χ1v) is 14.4. The lowest BCUT2D eigenvalue weighted by Gasteiger charge is -2.47. The van der Waals surface area contributed by atoms with Crippen molar-refractivity contribution in [2.24, 2.45) is 5.92 Å². The van der Waals surface area contributed by atoms with Gasteiger partial charge in [0.15, 0.2) is 0 Å². The molecule has 35 heavy (non-hydrogen) atoms. The van der Waals surface area contributed by atoms with Crippen molar-refractivity contribution >= 4 is 17.4 Å². The van der Waals surface area contributed by atoms with Crippen LogP contribution in [0.1, 0.15) is 88.9 Å². The first kappa shape index (κ1) is 25.5. The third-order valence-electron chi connectivity index (χ3n) is 9.09. The SMILES string of the molecule is CC(C)N1CCN([C@H]2CCCC(F)(F)C2CC(=O)N2CCC(C)(c3nsc(C4CC4)n3)CC2)CC1. The standard InChI is InChI=1S/C26H41F2N5OS/c1-18(2)31-13-15-32(16-14-31)21-5-4-8-26(27,28)20(21)17-22(34)33-11-9-25(3,10-12-33)24-29-23(35-30-24)19-6-7-19/h18-21H,4-17H2,1-3H3/t20?,21-/m0/s1. The Morgan fingerprint density at radius 3 is 2.37 bits per heavy atom. The van der Waals surface area contributed by atoms with Gasteiger partial charge in [0.1, 0.15) is 10.8 Å². The van der Waals surface area contributed by atoms with Crippen molar-refractivity contribution in [1.29, 1.82) is 0 Å². The van der Waals surface area contributed by atoms with Crippen LogP contribution in [0.15, 0.2) is 0 Å². The largest absolute Gasteiger partial charge is 0.343 e. The summed E-state index contributed by atoms with van der Waals surface area (Å²) in [6, 6.07) is 0.277. The summed E-state index contributed by atoms with van der Waals surface area (Å²) in [5, 5.41) is 1.15. The predicted octanol–water partition coefficient (Wildman–Crippen LogP) is 4.52. The van der Waals surface area contributed by atoms with E-state index in [1.165, 1.54) is 24.4 Å². The molecule has 2 atom stereocenters. The predicted molar refractivity (Wildman–Crippen MR) is 134 cm³/mol. The van der Waals surface area contributed by atoms with Crippen LogP contribution in [0.25, 0.3) is 0 Å². The van der Waals surface area contributed by atoms with Crippen LogP contribution < -0.4 is 0 Å². The first-order chi connectivity index (χ1) is 16.7. The smallest absolute Gasteiger partial charge is 0.252 e. The number of carbonyl (C=O) groups is 1. The number of amides is 1. The van der Waals surface area contributed by atoms with E-state index < -0.39 is 11.8 Å². The Morgan fingerprint density at radius 1 is 1.06 bits per heavy atom. The number of nitrogens with zero attached hydrogens (tertiary/aromatic N) is 5. The summed E-state index contributed by atoms with van der Waals surface area (Å²) < 4.78 is 35.1. The van der Waals surface area contributed by atoms with Gasteiger partial charge in [-0.3, -0.25) is 14.6 Å². The number of piperazine rings is 1. The lowest BCUT2D eigenvalue weighted by Crippen LogP contribution is -2.58. The van der Waals surface area contributed by atoms with E-state index in [4.69, 9.17) is 4.98 Å². The molecular formula is C26H41F2N5OS. The third-order valence-corrected chi connectivity index (χ3v) is 9.96. The Labute approximate surface area is 212 Å². The second-order valence-corrected chi connectivity index (χ2v) is 12.7. The molecule has 0 N–H and O–H groups in total. The van der Waals surface area contributed by atoms with Gasteiger partial charge in [-0.1, -0.05) is 6.92 Å². The fraction of sp³-hybridized carbons (Fsp3) is 0.885. The molecule has 2 saturated heterocycles. The lowest BCUT2D eigenvalue weighted by atomic mass is 9.77. The highest BCUT2D eigenvalue weighted by atomic mass is 32.1. The van der Waals surface area contributed by atoms with E-state index >= 15 is 8.78 Å². The Bertz CT molecular complexity index is 888. The minimum absolute atomic E-state index is 0.0421. The number of rotatable bonds is 6. The van der Waals surface area contributed by atoms with E-state index in [0.717, 1.165) is 56.3 Å². The van der Waals surface area contributed by atoms with Gasteiger partial charge >= 0.3 is 0 Å². The molecule has 4 fully saturated rings. The van der Waals surface area contributed by atoms with Gasteiger partial charge in [-0.25, -0.2) is 13.8 Å². The summed E-state index contributed by atoms with van der Waals surface area (Å²) in [4.78, 5) is 24.6. The summed E-state index contributed by atoms with van der Waals surface area (Å²) in [5.41, 5.74) is -0.131. The summed E-state index contributed by atoms with van der Waals surface area (Å²) in [6.45, 7) is 11.2. The summed E-state index contributed by atoms with van der Waals surface area (Å²) in [6.07, 6.45) is 5.19. The maximum absolute atomic E-state index is 15.2. The molecule has 0 bridgehead atoms. The third kappa shape index (κ3) is 5.42. The molecule has 2 aliphatic carbocycles. The van der Waals surface area contributed by atoms with Crippen molar-refractivity contribution in [3.05, 3.63) is 10.8 Å². The molecule has 2 aliphatic heterocycles. The van der Waals surface area contributed by atoms with Crippen LogP contribution in [0.4, 0.5) is 8.78 Å². The van der Waals surface area contributed by atoms with Crippen molar-refractivity contribution < 1.29 is 13.6 Å². The summed E-state index contributed by atoms with van der Waals surface area (Å²) >= 11 is 1.53. The monoisotopic (exact) mass is 509 g/mol. The molecule has 0 radical (unpaired) electrons. The molecule has 1 unspecified atom stereocenters. The fourth-order valence-corrected chi connectivity index (χ4v) is 7.24. The van der Waals surface area contributed by atoms with Gasteiger partial charge in [0.05, 0.1) is 0 Å². The first-order valence-electron chi connectivity index (χ1n) is 13.6. The molecule has 2 saturated carbocycles. The fourth-order valence-electron chi connectivity index (χ4n) is 6.29. The number of hydrogen-bond donors (Lipinski definition) is 0. The lowest BCUT2D eigenvalue weighted by molar-refractivity contribution is -0.151. The Morgan fingerprint density at radius 2 is 1.74 bits per heavy atom. The van der Waals surface area contributed by atoms with Gasteiger partial charge in [0, 0.05) is 81.4 Å². The maximum atomic E-state index is 15.2. The Hall–Kier alpha value is -1.19. The second-order valence-electron chi connectivity index (χ2n) is 11.9. The number of aromatic nitrogens is 2. The average Bonchev–Trinajstić information content (AvgIpc) is 3.56. The number of piperidine rings is 1. The Balaban J connectivity index is 1.20. The van der Waals surface area contributed by atoms with Gasteiger partial charge < -0.3 is 4.90 Å². The van der Waals surface area contributed by atoms with Crippen LogP contribution in [0.3, 0.4) is 0 Å². The van der Waals surface area contributed by atoms with Crippen molar-refractivity contribution in [3.63, 3.8) is 0 Å². The van der Waals surface area contributed by atoms with Gasteiger partial charge in [-0.05, 0) is 63.9 Å². The van der Waals surface area contributed by atoms with Crippen molar-refractivity contribution in [3.8, 4) is 0 Å². The normalized spacial score (nSPS) is 30.1. The van der Waals surface area contributed by atoms with Crippen LogP contribution in [-0.2, 0) is 10.2 Å². The van der Waals surface area contributed by atoms with E-state index in [2.05, 4.69) is 34.9 Å². The van der Waals surface area contributed by atoms with Gasteiger partial charge in [0.25, 0.3) is 5.92 Å². The molecule has 9 heteroatoms. The molecule has 6 nitrogen and oxygen atoms in total. The Kier molecular flexibility index (Phi) is 7.23. The molecule has 196 valence electrons. The molecule has 4 aliphatic rings. The van der Waals surface area contributed by atoms with Gasteiger partial charge in [-0.15, -0.1) is 0 Å². The highest BCUT2D eigenvalue weighted by Crippen LogP contribution is 2.45. The molecule has 5 rings (SSSR count). The van der Waals surface area contributed by atoms with Crippen LogP contribution in [-0.4, -0.2) is 87.2 Å². The van der Waals surface area contributed by atoms with E-state index in [0.29, 0.717) is 31.5 Å². The summed E-state index contributed by atoms with van der Waals surface area (Å²) in [7, 11) is 0. The quantitative estimate of drug-likeness (QED) is 0.565. The number of carbonyl (C=O) groups excluding carboxylic acids is 1. The van der Waals surface area contributed by atoms with Gasteiger partial charge in [-0.2, -0.15) is 4.37 Å². The van der Waals surface area contributed by atoms with E-state index in [1.807, 2.05) is 4.90 Å². The van der Waals surface area contributed by atoms with Crippen molar-refractivity contribution in [1.82, 2.24) is 24.1 Å². The van der Waals surface area contributed by atoms with Crippen molar-refractivity contribution in [2.45, 2.75) is 101 Å². The van der Waals surface area contributed by atoms with E-state index in [9.17, 15) is 4.79 Å². The highest BCUT2D eigenvalue weighted by Gasteiger charge is 2.50. The minimum Gasteiger partial charge on any atom is -0.343 e. The molecule has 1 aromatic heterocycles. The number of alkyl halides is 2. The van der Waals surface area contributed by atoms with E-state index in [-0.39, 0.29) is 30.2 Å². The molecule has 0 spiro atoms. The zero-order chi connectivity index (χ0) is 24.8.